The Balaban J connectivity index is 2.05. The first-order valence-electron chi connectivity index (χ1n) is 11.0. The Hall–Kier alpha value is -3.34. The van der Waals surface area contributed by atoms with Crippen molar-refractivity contribution in [3.05, 3.63) is 64.2 Å². The van der Waals surface area contributed by atoms with E-state index in [9.17, 15) is 26.8 Å². The number of nitrogens with one attached hydrogen (secondary N) is 1. The molecule has 2 aromatic carbocycles. The lowest BCUT2D eigenvalue weighted by Gasteiger charge is -2.25. The van der Waals surface area contributed by atoms with Gasteiger partial charge in [0.25, 0.3) is 5.56 Å². The average molecular weight is 506 g/mol. The van der Waals surface area contributed by atoms with E-state index in [0.29, 0.717) is 12.8 Å². The fourth-order valence-corrected chi connectivity index (χ4v) is 4.80. The summed E-state index contributed by atoms with van der Waals surface area (Å²) in [6.45, 7) is 5.05. The smallest absolute Gasteiger partial charge is 0.408 e. The quantitative estimate of drug-likeness (QED) is 0.561. The molecular formula is C24H25F2N3O5S. The van der Waals surface area contributed by atoms with Crippen molar-refractivity contribution in [2.75, 3.05) is 6.26 Å². The van der Waals surface area contributed by atoms with Crippen LogP contribution in [0.15, 0.2) is 46.1 Å². The largest absolute Gasteiger partial charge is 0.444 e. The highest BCUT2D eigenvalue weighted by Gasteiger charge is 2.39. The monoisotopic (exact) mass is 505 g/mol. The first-order chi connectivity index (χ1) is 16.3. The topological polar surface area (TPSA) is 107 Å². The van der Waals surface area contributed by atoms with E-state index in [0.717, 1.165) is 29.0 Å². The fourth-order valence-electron chi connectivity index (χ4n) is 3.91. The van der Waals surface area contributed by atoms with Crippen LogP contribution in [0.5, 0.6) is 0 Å². The lowest BCUT2D eigenvalue weighted by molar-refractivity contribution is 0.0493. The van der Waals surface area contributed by atoms with Gasteiger partial charge >= 0.3 is 6.09 Å². The van der Waals surface area contributed by atoms with Crippen LogP contribution in [0.25, 0.3) is 16.6 Å². The van der Waals surface area contributed by atoms with Crippen LogP contribution in [0.1, 0.15) is 45.5 Å². The van der Waals surface area contributed by atoms with Gasteiger partial charge in [-0.15, -0.1) is 0 Å². The zero-order chi connectivity index (χ0) is 25.7. The number of halogens is 2. The second-order valence-electron chi connectivity index (χ2n) is 9.56. The van der Waals surface area contributed by atoms with E-state index < -0.39 is 50.5 Å². The number of carbonyl (C=O) groups excluding carboxylic acids is 1. The standard InChI is InChI=1S/C24H25F2N3O5S/c1-24(2,3)34-23(31)28-19(13-11-12-13)21-27-16-9-6-10-17(35(4,32)33)18(16)22(30)29(21)20-14(25)7-5-8-15(20)26/h5-10,13,19H,11-12H2,1-4H3,(H,28,31)/t19-/m0/s1. The highest BCUT2D eigenvalue weighted by Crippen LogP contribution is 2.41. The highest BCUT2D eigenvalue weighted by atomic mass is 32.2. The Morgan fingerprint density at radius 2 is 1.74 bits per heavy atom. The number of rotatable bonds is 5. The van der Waals surface area contributed by atoms with Gasteiger partial charge in [0.05, 0.1) is 21.8 Å². The van der Waals surface area contributed by atoms with E-state index in [1.54, 1.807) is 20.8 Å². The first-order valence-corrected chi connectivity index (χ1v) is 12.9. The normalized spacial score (nSPS) is 15.1. The molecule has 0 unspecified atom stereocenters. The van der Waals surface area contributed by atoms with Crippen molar-refractivity contribution >= 4 is 26.8 Å². The van der Waals surface area contributed by atoms with Crippen molar-refractivity contribution < 1.29 is 26.7 Å². The molecule has 1 N–H and O–H groups in total. The summed E-state index contributed by atoms with van der Waals surface area (Å²) in [5, 5.41) is 2.39. The zero-order valence-corrected chi connectivity index (χ0v) is 20.4. The van der Waals surface area contributed by atoms with Gasteiger partial charge in [0.2, 0.25) is 0 Å². The molecular weight excluding hydrogens is 480 g/mol. The maximum absolute atomic E-state index is 14.9. The van der Waals surface area contributed by atoms with E-state index in [1.807, 2.05) is 0 Å². The molecule has 0 saturated heterocycles. The lowest BCUT2D eigenvalue weighted by atomic mass is 10.1. The number of hydrogen-bond donors (Lipinski definition) is 1. The minimum Gasteiger partial charge on any atom is -0.444 e. The molecule has 1 fully saturated rings. The minimum atomic E-state index is -3.88. The summed E-state index contributed by atoms with van der Waals surface area (Å²) >= 11 is 0. The lowest BCUT2D eigenvalue weighted by Crippen LogP contribution is -2.39. The van der Waals surface area contributed by atoms with Crippen molar-refractivity contribution in [1.82, 2.24) is 14.9 Å². The van der Waals surface area contributed by atoms with Crippen LogP contribution in [0.4, 0.5) is 13.6 Å². The maximum Gasteiger partial charge on any atom is 0.408 e. The van der Waals surface area contributed by atoms with Gasteiger partial charge in [0, 0.05) is 6.26 Å². The predicted molar refractivity (Wildman–Crippen MR) is 125 cm³/mol. The fraction of sp³-hybridized carbons (Fsp3) is 0.375. The Kier molecular flexibility index (Phi) is 6.16. The number of benzene rings is 2. The van der Waals surface area contributed by atoms with Gasteiger partial charge in [-0.3, -0.25) is 9.36 Å². The van der Waals surface area contributed by atoms with Crippen molar-refractivity contribution in [1.29, 1.82) is 0 Å². The number of aromatic nitrogens is 2. The third-order valence-electron chi connectivity index (χ3n) is 5.49. The molecule has 1 heterocycles. The molecule has 1 amide bonds. The predicted octanol–water partition coefficient (Wildman–Crippen LogP) is 4.04. The maximum atomic E-state index is 14.9. The van der Waals surface area contributed by atoms with Gasteiger partial charge in [0.15, 0.2) is 9.84 Å². The van der Waals surface area contributed by atoms with Gasteiger partial charge < -0.3 is 10.1 Å². The third kappa shape index (κ3) is 5.04. The molecule has 186 valence electrons. The molecule has 1 saturated carbocycles. The van der Waals surface area contributed by atoms with Crippen molar-refractivity contribution in [2.45, 2.75) is 50.2 Å². The van der Waals surface area contributed by atoms with Gasteiger partial charge in [-0.25, -0.2) is 27.0 Å². The van der Waals surface area contributed by atoms with Crippen LogP contribution in [0.2, 0.25) is 0 Å². The van der Waals surface area contributed by atoms with Crippen LogP contribution >= 0.6 is 0 Å². The number of alkyl carbamates (subject to hydrolysis) is 1. The van der Waals surface area contributed by atoms with E-state index in [-0.39, 0.29) is 27.5 Å². The van der Waals surface area contributed by atoms with E-state index in [2.05, 4.69) is 10.3 Å². The second kappa shape index (κ2) is 8.71. The number of fused-ring (bicyclic) bond motifs is 1. The van der Waals surface area contributed by atoms with E-state index >= 15 is 0 Å². The molecule has 1 atom stereocenters. The molecule has 0 spiro atoms. The Labute approximate surface area is 200 Å². The number of hydrogen-bond acceptors (Lipinski definition) is 6. The molecule has 1 aromatic heterocycles. The molecule has 1 aliphatic carbocycles. The van der Waals surface area contributed by atoms with Crippen LogP contribution in [-0.2, 0) is 14.6 Å². The Morgan fingerprint density at radius 3 is 2.29 bits per heavy atom. The van der Waals surface area contributed by atoms with Crippen LogP contribution in [0, 0.1) is 17.6 Å². The molecule has 35 heavy (non-hydrogen) atoms. The number of ether oxygens (including phenoxy) is 1. The number of amides is 1. The van der Waals surface area contributed by atoms with Crippen molar-refractivity contribution in [2.24, 2.45) is 5.92 Å². The van der Waals surface area contributed by atoms with Crippen LogP contribution in [-0.4, -0.2) is 35.9 Å². The average Bonchev–Trinajstić information content (AvgIpc) is 3.56. The second-order valence-corrected chi connectivity index (χ2v) is 11.5. The number of carbonyl (C=O) groups is 1. The van der Waals surface area contributed by atoms with Gasteiger partial charge in [-0.1, -0.05) is 12.1 Å². The van der Waals surface area contributed by atoms with Gasteiger partial charge in [0.1, 0.15) is 28.7 Å². The first kappa shape index (κ1) is 24.8. The molecule has 4 rings (SSSR count). The summed E-state index contributed by atoms with van der Waals surface area (Å²) in [5.74, 6) is -2.37. The highest BCUT2D eigenvalue weighted by molar-refractivity contribution is 7.91. The molecule has 3 aromatic rings. The number of nitrogens with zero attached hydrogens (tertiary/aromatic N) is 2. The van der Waals surface area contributed by atoms with E-state index in [1.165, 1.54) is 18.2 Å². The Morgan fingerprint density at radius 1 is 1.14 bits per heavy atom. The van der Waals surface area contributed by atoms with Gasteiger partial charge in [-0.2, -0.15) is 0 Å². The minimum absolute atomic E-state index is 0.0255. The number of para-hydroxylation sites is 1. The molecule has 0 aliphatic heterocycles. The summed E-state index contributed by atoms with van der Waals surface area (Å²) in [6, 6.07) is 6.29. The van der Waals surface area contributed by atoms with Crippen LogP contribution in [0.3, 0.4) is 0 Å². The molecule has 8 nitrogen and oxygen atoms in total. The van der Waals surface area contributed by atoms with E-state index in [4.69, 9.17) is 4.74 Å². The van der Waals surface area contributed by atoms with Crippen molar-refractivity contribution in [3.63, 3.8) is 0 Å². The SMILES string of the molecule is CC(C)(C)OC(=O)N[C@H](c1nc2cccc(S(C)(=O)=O)c2c(=O)n1-c1c(F)cccc1F)C1CC1. The Bertz CT molecular complexity index is 1470. The van der Waals surface area contributed by atoms with Crippen molar-refractivity contribution in [3.8, 4) is 5.69 Å². The molecule has 0 bridgehead atoms. The molecule has 1 aliphatic rings. The summed E-state index contributed by atoms with van der Waals surface area (Å²) < 4.78 is 60.7. The molecule has 0 radical (unpaired) electrons. The van der Waals surface area contributed by atoms with Crippen LogP contribution < -0.4 is 10.9 Å². The number of sulfone groups is 1. The third-order valence-corrected chi connectivity index (χ3v) is 6.63. The molecule has 11 heteroatoms. The summed E-state index contributed by atoms with van der Waals surface area (Å²) in [4.78, 5) is 30.5. The summed E-state index contributed by atoms with van der Waals surface area (Å²) in [5.41, 5.74) is -2.46. The summed E-state index contributed by atoms with van der Waals surface area (Å²) in [7, 11) is -3.88. The van der Waals surface area contributed by atoms with Gasteiger partial charge in [-0.05, 0) is 63.8 Å². The zero-order valence-electron chi connectivity index (χ0n) is 19.6. The summed E-state index contributed by atoms with van der Waals surface area (Å²) in [6.07, 6.45) is 1.50.